The molecule has 0 atom stereocenters. The van der Waals surface area contributed by atoms with Crippen LogP contribution in [0.1, 0.15) is 0 Å². The maximum Gasteiger partial charge on any atom is 0.318 e. The zero-order valence-corrected chi connectivity index (χ0v) is 12.1. The van der Waals surface area contributed by atoms with Crippen LogP contribution in [0, 0.1) is 0 Å². The molecule has 0 fully saturated rings. The molecule has 2 rings (SSSR count). The molecule has 1 heterocycles. The fourth-order valence-corrected chi connectivity index (χ4v) is 2.89. The van der Waals surface area contributed by atoms with E-state index in [0.29, 0.717) is 11.4 Å². The first-order valence-electron chi connectivity index (χ1n) is 5.83. The highest BCUT2D eigenvalue weighted by molar-refractivity contribution is 7.89. The van der Waals surface area contributed by atoms with Crippen LogP contribution in [0.5, 0.6) is 0 Å². The van der Waals surface area contributed by atoms with Gasteiger partial charge in [-0.25, -0.2) is 13.1 Å². The van der Waals surface area contributed by atoms with E-state index in [2.05, 4.69) is 15.5 Å². The first-order valence-corrected chi connectivity index (χ1v) is 7.27. The molecule has 0 aliphatic carbocycles. The molecule has 0 saturated heterocycles. The van der Waals surface area contributed by atoms with Crippen LogP contribution in [0.2, 0.25) is 0 Å². The van der Waals surface area contributed by atoms with Crippen molar-refractivity contribution >= 4 is 16.0 Å². The van der Waals surface area contributed by atoms with Crippen LogP contribution in [-0.2, 0) is 21.9 Å². The van der Waals surface area contributed by atoms with Gasteiger partial charge >= 0.3 is 5.97 Å². The van der Waals surface area contributed by atoms with Crippen LogP contribution in [0.3, 0.4) is 0 Å². The van der Waals surface area contributed by atoms with E-state index < -0.39 is 22.5 Å². The molecule has 0 radical (unpaired) electrons. The third kappa shape index (κ3) is 3.06. The molecule has 0 amide bonds. The fourth-order valence-electron chi connectivity index (χ4n) is 1.73. The lowest BCUT2D eigenvalue weighted by molar-refractivity contribution is -0.137. The Morgan fingerprint density at radius 2 is 2.14 bits per heavy atom. The zero-order valence-electron chi connectivity index (χ0n) is 11.3. The lowest BCUT2D eigenvalue weighted by Gasteiger charge is -2.15. The summed E-state index contributed by atoms with van der Waals surface area (Å²) in [5, 5.41) is 19.7. The number of carbonyl (C=O) groups is 1. The van der Waals surface area contributed by atoms with Gasteiger partial charge in [-0.2, -0.15) is 4.31 Å². The van der Waals surface area contributed by atoms with Crippen LogP contribution in [0.25, 0.3) is 11.4 Å². The van der Waals surface area contributed by atoms with Gasteiger partial charge in [0, 0.05) is 19.7 Å². The van der Waals surface area contributed by atoms with E-state index in [9.17, 15) is 13.2 Å². The molecule has 112 valence electrons. The molecule has 10 heteroatoms. The van der Waals surface area contributed by atoms with E-state index in [4.69, 9.17) is 5.11 Å². The molecule has 0 saturated carbocycles. The number of aliphatic carboxylic acids is 1. The molecule has 21 heavy (non-hydrogen) atoms. The average Bonchev–Trinajstić information content (AvgIpc) is 2.84. The number of aryl methyl sites for hydroxylation is 1. The Morgan fingerprint density at radius 3 is 2.71 bits per heavy atom. The summed E-state index contributed by atoms with van der Waals surface area (Å²) in [6.07, 6.45) is 0. The minimum absolute atomic E-state index is 0.0215. The van der Waals surface area contributed by atoms with E-state index >= 15 is 0 Å². The molecule has 1 N–H and O–H groups in total. The van der Waals surface area contributed by atoms with Crippen molar-refractivity contribution in [2.75, 3.05) is 13.6 Å². The molecule has 1 aromatic heterocycles. The summed E-state index contributed by atoms with van der Waals surface area (Å²) in [4.78, 5) is 10.6. The van der Waals surface area contributed by atoms with Gasteiger partial charge in [0.2, 0.25) is 10.0 Å². The molecule has 0 spiro atoms. The smallest absolute Gasteiger partial charge is 0.318 e. The highest BCUT2D eigenvalue weighted by Crippen LogP contribution is 2.21. The topological polar surface area (TPSA) is 118 Å². The fraction of sp³-hybridized carbons (Fsp3) is 0.273. The van der Waals surface area contributed by atoms with Crippen LogP contribution in [-0.4, -0.2) is 57.6 Å². The predicted molar refractivity (Wildman–Crippen MR) is 71.7 cm³/mol. The maximum absolute atomic E-state index is 12.3. The maximum atomic E-state index is 12.3. The number of benzene rings is 1. The van der Waals surface area contributed by atoms with Crippen LogP contribution >= 0.6 is 0 Å². The quantitative estimate of drug-likeness (QED) is 0.796. The second-order valence-electron chi connectivity index (χ2n) is 4.31. The van der Waals surface area contributed by atoms with Gasteiger partial charge < -0.3 is 5.11 Å². The van der Waals surface area contributed by atoms with E-state index in [1.807, 2.05) is 0 Å². The number of hydrogen-bond donors (Lipinski definition) is 1. The predicted octanol–water partition coefficient (Wildman–Crippen LogP) is -0.418. The Hall–Kier alpha value is -2.33. The molecule has 9 nitrogen and oxygen atoms in total. The molecule has 0 unspecified atom stereocenters. The van der Waals surface area contributed by atoms with Crippen molar-refractivity contribution in [3.05, 3.63) is 24.3 Å². The molecular weight excluding hydrogens is 298 g/mol. The normalized spacial score (nSPS) is 11.8. The highest BCUT2D eigenvalue weighted by atomic mass is 32.2. The molecule has 0 bridgehead atoms. The summed E-state index contributed by atoms with van der Waals surface area (Å²) in [7, 11) is -1.05. The van der Waals surface area contributed by atoms with Gasteiger partial charge in [-0.1, -0.05) is 12.1 Å². The number of likely N-dealkylation sites (N-methyl/N-ethyl adjacent to an activating group) is 1. The zero-order chi connectivity index (χ0) is 15.6. The number of hydrogen-bond acceptors (Lipinski definition) is 6. The van der Waals surface area contributed by atoms with Crippen LogP contribution in [0.4, 0.5) is 0 Å². The molecule has 0 aliphatic heterocycles. The van der Waals surface area contributed by atoms with Gasteiger partial charge in [-0.3, -0.25) is 4.79 Å². The Bertz CT molecular complexity index is 770. The summed E-state index contributed by atoms with van der Waals surface area (Å²) in [6, 6.07) is 6.01. The summed E-state index contributed by atoms with van der Waals surface area (Å²) in [5.41, 5.74) is 0.521. The monoisotopic (exact) mass is 311 g/mol. The van der Waals surface area contributed by atoms with Gasteiger partial charge in [-0.05, 0) is 22.6 Å². The van der Waals surface area contributed by atoms with Crippen molar-refractivity contribution in [2.24, 2.45) is 7.05 Å². The standard InChI is InChI=1S/C11H13N5O4S/c1-15(7-10(17)18)21(19,20)9-5-3-4-8(6-9)11-12-13-14-16(11)2/h3-6H,7H2,1-2H3,(H,17,18). The number of nitrogens with zero attached hydrogens (tertiary/aromatic N) is 5. The third-order valence-electron chi connectivity index (χ3n) is 2.78. The first-order chi connectivity index (χ1) is 9.82. The van der Waals surface area contributed by atoms with Crippen molar-refractivity contribution in [1.29, 1.82) is 0 Å². The van der Waals surface area contributed by atoms with Crippen molar-refractivity contribution in [3.8, 4) is 11.4 Å². The Kier molecular flexibility index (Phi) is 4.00. The van der Waals surface area contributed by atoms with E-state index in [-0.39, 0.29) is 4.90 Å². The minimum Gasteiger partial charge on any atom is -0.480 e. The lowest BCUT2D eigenvalue weighted by atomic mass is 10.2. The number of aromatic nitrogens is 4. The van der Waals surface area contributed by atoms with Gasteiger partial charge in [0.05, 0.1) is 4.90 Å². The number of carboxylic acid groups (broad SMARTS) is 1. The summed E-state index contributed by atoms with van der Waals surface area (Å²) in [6.45, 7) is -0.613. The number of sulfonamides is 1. The van der Waals surface area contributed by atoms with Gasteiger partial charge in [0.25, 0.3) is 0 Å². The first kappa shape index (κ1) is 15.1. The van der Waals surface area contributed by atoms with Crippen molar-refractivity contribution in [2.45, 2.75) is 4.90 Å². The second-order valence-corrected chi connectivity index (χ2v) is 6.35. The van der Waals surface area contributed by atoms with Crippen molar-refractivity contribution in [3.63, 3.8) is 0 Å². The second kappa shape index (κ2) is 5.58. The van der Waals surface area contributed by atoms with Crippen LogP contribution in [0.15, 0.2) is 29.2 Å². The highest BCUT2D eigenvalue weighted by Gasteiger charge is 2.23. The minimum atomic E-state index is -3.89. The number of rotatable bonds is 5. The number of tetrazole rings is 1. The SMILES string of the molecule is CN(CC(=O)O)S(=O)(=O)c1cccc(-c2nnnn2C)c1. The molecule has 1 aromatic carbocycles. The molecule has 2 aromatic rings. The van der Waals surface area contributed by atoms with Crippen LogP contribution < -0.4 is 0 Å². The Morgan fingerprint density at radius 1 is 1.43 bits per heavy atom. The van der Waals surface area contributed by atoms with E-state index in [1.54, 1.807) is 19.2 Å². The lowest BCUT2D eigenvalue weighted by Crippen LogP contribution is -2.32. The molecular formula is C11H13N5O4S. The van der Waals surface area contributed by atoms with Gasteiger partial charge in [0.15, 0.2) is 5.82 Å². The van der Waals surface area contributed by atoms with E-state index in [0.717, 1.165) is 4.31 Å². The average molecular weight is 311 g/mol. The summed E-state index contributed by atoms with van der Waals surface area (Å²) < 4.78 is 26.7. The Balaban J connectivity index is 2.42. The largest absolute Gasteiger partial charge is 0.480 e. The van der Waals surface area contributed by atoms with Gasteiger partial charge in [-0.15, -0.1) is 5.10 Å². The molecule has 0 aliphatic rings. The number of carboxylic acids is 1. The van der Waals surface area contributed by atoms with Crippen molar-refractivity contribution < 1.29 is 18.3 Å². The van der Waals surface area contributed by atoms with E-state index in [1.165, 1.54) is 23.9 Å². The van der Waals surface area contributed by atoms with Crippen molar-refractivity contribution in [1.82, 2.24) is 24.5 Å². The summed E-state index contributed by atoms with van der Waals surface area (Å²) in [5.74, 6) is -0.817. The summed E-state index contributed by atoms with van der Waals surface area (Å²) >= 11 is 0. The third-order valence-corrected chi connectivity index (χ3v) is 4.58. The Labute approximate surface area is 120 Å². The van der Waals surface area contributed by atoms with Gasteiger partial charge in [0.1, 0.15) is 6.54 Å².